The summed E-state index contributed by atoms with van der Waals surface area (Å²) < 4.78 is 10.1. The van der Waals surface area contributed by atoms with E-state index in [-0.39, 0.29) is 5.56 Å². The first-order valence-electron chi connectivity index (χ1n) is 9.21. The maximum Gasteiger partial charge on any atom is 0.273 e. The largest absolute Gasteiger partial charge is 0.494 e. The molecule has 2 aromatic heterocycles. The molecular weight excluding hydrogens is 458 g/mol. The van der Waals surface area contributed by atoms with Crippen molar-refractivity contribution in [2.75, 3.05) is 6.61 Å². The Bertz CT molecular complexity index is 1330. The van der Waals surface area contributed by atoms with E-state index in [9.17, 15) is 4.79 Å². The molecule has 0 aliphatic heterocycles. The number of ether oxygens (including phenoxy) is 1. The lowest BCUT2D eigenvalue weighted by molar-refractivity contribution is 0.340. The summed E-state index contributed by atoms with van der Waals surface area (Å²) in [6.45, 7) is 2.55. The highest BCUT2D eigenvalue weighted by Gasteiger charge is 2.16. The van der Waals surface area contributed by atoms with Crippen LogP contribution in [0.25, 0.3) is 16.0 Å². The van der Waals surface area contributed by atoms with Crippen LogP contribution in [0.3, 0.4) is 0 Å². The van der Waals surface area contributed by atoms with E-state index in [1.54, 1.807) is 11.6 Å². The molecule has 0 bridgehead atoms. The molecule has 0 unspecified atom stereocenters. The summed E-state index contributed by atoms with van der Waals surface area (Å²) in [5, 5.41) is 1.31. The van der Waals surface area contributed by atoms with Crippen LogP contribution in [0.4, 0.5) is 0 Å². The molecule has 4 rings (SSSR count). The van der Waals surface area contributed by atoms with Crippen molar-refractivity contribution in [3.05, 3.63) is 73.4 Å². The Balaban J connectivity index is 1.76. The standard InChI is InChI=1S/C21H18ClN3O2S3/c1-3-27-16-9-7-15(8-10-16)25-18-17(30-21(25)28)19(26)24(2)20(23-18)29-12-13-5-4-6-14(22)11-13/h4-11H,3,12H2,1-2H3. The average Bonchev–Trinajstić information content (AvgIpc) is 3.07. The fourth-order valence-corrected chi connectivity index (χ4v) is 5.47. The fourth-order valence-electron chi connectivity index (χ4n) is 3.00. The van der Waals surface area contributed by atoms with E-state index in [2.05, 4.69) is 0 Å². The van der Waals surface area contributed by atoms with Crippen LogP contribution in [-0.2, 0) is 12.8 Å². The van der Waals surface area contributed by atoms with E-state index in [0.717, 1.165) is 17.0 Å². The third-order valence-corrected chi connectivity index (χ3v) is 7.12. The summed E-state index contributed by atoms with van der Waals surface area (Å²) >= 11 is 14.4. The molecule has 0 saturated heterocycles. The molecule has 0 N–H and O–H groups in total. The van der Waals surface area contributed by atoms with E-state index in [1.165, 1.54) is 23.1 Å². The van der Waals surface area contributed by atoms with Crippen molar-refractivity contribution in [1.29, 1.82) is 0 Å². The SMILES string of the molecule is CCOc1ccc(-n2c(=S)sc3c(=O)n(C)c(SCc4cccc(Cl)c4)nc32)cc1. The average molecular weight is 476 g/mol. The summed E-state index contributed by atoms with van der Waals surface area (Å²) in [5.74, 6) is 1.44. The Hall–Kier alpha value is -2.13. The molecule has 2 aromatic carbocycles. The number of thioether (sulfide) groups is 1. The van der Waals surface area contributed by atoms with Crippen LogP contribution < -0.4 is 10.3 Å². The molecule has 30 heavy (non-hydrogen) atoms. The quantitative estimate of drug-likeness (QED) is 0.198. The fraction of sp³-hybridized carbons (Fsp3) is 0.190. The summed E-state index contributed by atoms with van der Waals surface area (Å²) in [5.41, 5.74) is 2.39. The van der Waals surface area contributed by atoms with Crippen LogP contribution in [-0.4, -0.2) is 20.7 Å². The maximum atomic E-state index is 13.0. The lowest BCUT2D eigenvalue weighted by Gasteiger charge is -2.10. The molecule has 4 aromatic rings. The summed E-state index contributed by atoms with van der Waals surface area (Å²) in [6.07, 6.45) is 0. The molecule has 5 nitrogen and oxygen atoms in total. The normalized spacial score (nSPS) is 11.2. The predicted octanol–water partition coefficient (Wildman–Crippen LogP) is 5.86. The number of nitrogens with zero attached hydrogens (tertiary/aromatic N) is 3. The van der Waals surface area contributed by atoms with E-state index < -0.39 is 0 Å². The number of hydrogen-bond donors (Lipinski definition) is 0. The lowest BCUT2D eigenvalue weighted by Crippen LogP contribution is -2.19. The van der Waals surface area contributed by atoms with E-state index in [1.807, 2.05) is 60.0 Å². The van der Waals surface area contributed by atoms with Gasteiger partial charge in [-0.05, 0) is 61.1 Å². The Morgan fingerprint density at radius 2 is 2.00 bits per heavy atom. The van der Waals surface area contributed by atoms with Gasteiger partial charge in [0.25, 0.3) is 5.56 Å². The van der Waals surface area contributed by atoms with Gasteiger partial charge in [-0.1, -0.05) is 46.8 Å². The van der Waals surface area contributed by atoms with Gasteiger partial charge in [0.05, 0.1) is 6.61 Å². The van der Waals surface area contributed by atoms with Crippen LogP contribution in [0.5, 0.6) is 5.75 Å². The van der Waals surface area contributed by atoms with Gasteiger partial charge in [-0.3, -0.25) is 13.9 Å². The number of thiazole rings is 1. The molecule has 0 fully saturated rings. The van der Waals surface area contributed by atoms with Gasteiger partial charge >= 0.3 is 0 Å². The van der Waals surface area contributed by atoms with Gasteiger partial charge in [-0.15, -0.1) is 0 Å². The number of benzene rings is 2. The minimum atomic E-state index is -0.102. The lowest BCUT2D eigenvalue weighted by atomic mass is 10.2. The molecular formula is C21H18ClN3O2S3. The molecule has 154 valence electrons. The molecule has 0 radical (unpaired) electrons. The van der Waals surface area contributed by atoms with Crippen LogP contribution in [0.2, 0.25) is 5.02 Å². The number of rotatable bonds is 6. The first-order chi connectivity index (χ1) is 14.5. The number of fused-ring (bicyclic) bond motifs is 1. The zero-order chi connectivity index (χ0) is 21.3. The summed E-state index contributed by atoms with van der Waals surface area (Å²) in [6, 6.07) is 15.3. The zero-order valence-corrected chi connectivity index (χ0v) is 19.5. The molecule has 0 aliphatic rings. The van der Waals surface area contributed by atoms with Crippen molar-refractivity contribution in [3.63, 3.8) is 0 Å². The number of aromatic nitrogens is 3. The van der Waals surface area contributed by atoms with Gasteiger partial charge < -0.3 is 4.74 Å². The molecule has 0 amide bonds. The topological polar surface area (TPSA) is 49.0 Å². The minimum Gasteiger partial charge on any atom is -0.494 e. The van der Waals surface area contributed by atoms with Gasteiger partial charge in [-0.2, -0.15) is 0 Å². The molecule has 0 spiro atoms. The van der Waals surface area contributed by atoms with Crippen LogP contribution in [0.15, 0.2) is 58.5 Å². The molecule has 0 atom stereocenters. The first kappa shape index (κ1) is 21.1. The van der Waals surface area contributed by atoms with E-state index in [0.29, 0.717) is 36.8 Å². The van der Waals surface area contributed by atoms with Crippen molar-refractivity contribution in [3.8, 4) is 11.4 Å². The summed E-state index contributed by atoms with van der Waals surface area (Å²) in [4.78, 5) is 17.8. The van der Waals surface area contributed by atoms with Gasteiger partial charge in [-0.25, -0.2) is 4.98 Å². The molecule has 9 heteroatoms. The van der Waals surface area contributed by atoms with Crippen molar-refractivity contribution < 1.29 is 4.74 Å². The van der Waals surface area contributed by atoms with Crippen LogP contribution in [0.1, 0.15) is 12.5 Å². The van der Waals surface area contributed by atoms with Gasteiger partial charge in [0, 0.05) is 23.5 Å². The monoisotopic (exact) mass is 475 g/mol. The number of hydrogen-bond acceptors (Lipinski definition) is 6. The van der Waals surface area contributed by atoms with E-state index in [4.69, 9.17) is 33.5 Å². The third-order valence-electron chi connectivity index (χ3n) is 4.44. The number of halogens is 1. The van der Waals surface area contributed by atoms with E-state index >= 15 is 0 Å². The molecule has 0 saturated carbocycles. The van der Waals surface area contributed by atoms with Crippen LogP contribution in [0, 0.1) is 3.95 Å². The highest BCUT2D eigenvalue weighted by Crippen LogP contribution is 2.28. The Labute approximate surface area is 191 Å². The van der Waals surface area contributed by atoms with Gasteiger partial charge in [0.2, 0.25) is 0 Å². The Morgan fingerprint density at radius 1 is 1.23 bits per heavy atom. The van der Waals surface area contributed by atoms with Crippen molar-refractivity contribution in [1.82, 2.24) is 14.1 Å². The van der Waals surface area contributed by atoms with Crippen molar-refractivity contribution in [2.45, 2.75) is 17.8 Å². The zero-order valence-electron chi connectivity index (χ0n) is 16.3. The second-order valence-electron chi connectivity index (χ2n) is 6.46. The Kier molecular flexibility index (Phi) is 6.29. The van der Waals surface area contributed by atoms with Crippen LogP contribution >= 0.6 is 46.9 Å². The third kappa shape index (κ3) is 4.18. The second-order valence-corrected chi connectivity index (χ2v) is 9.48. The highest BCUT2D eigenvalue weighted by molar-refractivity contribution is 7.98. The molecule has 0 aliphatic carbocycles. The molecule has 2 heterocycles. The summed E-state index contributed by atoms with van der Waals surface area (Å²) in [7, 11) is 1.74. The second kappa shape index (κ2) is 8.93. The van der Waals surface area contributed by atoms with Crippen molar-refractivity contribution >= 4 is 57.3 Å². The van der Waals surface area contributed by atoms with Gasteiger partial charge in [0.15, 0.2) is 14.8 Å². The maximum absolute atomic E-state index is 13.0. The first-order valence-corrected chi connectivity index (χ1v) is 11.8. The minimum absolute atomic E-state index is 0.102. The van der Waals surface area contributed by atoms with Gasteiger partial charge in [0.1, 0.15) is 10.4 Å². The highest BCUT2D eigenvalue weighted by atomic mass is 35.5. The predicted molar refractivity (Wildman–Crippen MR) is 127 cm³/mol. The smallest absolute Gasteiger partial charge is 0.273 e. The Morgan fingerprint density at radius 3 is 2.70 bits per heavy atom. The van der Waals surface area contributed by atoms with Crippen molar-refractivity contribution in [2.24, 2.45) is 7.05 Å².